The topological polar surface area (TPSA) is 42.0 Å². The molecule has 0 saturated heterocycles. The normalized spacial score (nSPS) is 24.7. The van der Waals surface area contributed by atoms with Gasteiger partial charge in [0.1, 0.15) is 5.69 Å². The van der Waals surface area contributed by atoms with Crippen LogP contribution in [0.5, 0.6) is 0 Å². The lowest BCUT2D eigenvalue weighted by Gasteiger charge is -2.38. The third-order valence-corrected chi connectivity index (χ3v) is 6.04. The van der Waals surface area contributed by atoms with Gasteiger partial charge in [0, 0.05) is 17.8 Å². The molecule has 1 saturated carbocycles. The maximum atomic E-state index is 12.3. The fourth-order valence-corrected chi connectivity index (χ4v) is 4.64. The van der Waals surface area contributed by atoms with Crippen LogP contribution in [0.15, 0.2) is 54.7 Å². The van der Waals surface area contributed by atoms with Gasteiger partial charge in [-0.05, 0) is 60.9 Å². The lowest BCUT2D eigenvalue weighted by atomic mass is 9.66. The van der Waals surface area contributed by atoms with Crippen LogP contribution in [0.2, 0.25) is 5.02 Å². The van der Waals surface area contributed by atoms with Crippen molar-refractivity contribution in [3.63, 3.8) is 0 Å². The van der Waals surface area contributed by atoms with Crippen LogP contribution in [0.4, 0.5) is 5.69 Å². The highest BCUT2D eigenvalue weighted by Gasteiger charge is 2.32. The van der Waals surface area contributed by atoms with E-state index < -0.39 is 0 Å². The third kappa shape index (κ3) is 3.54. The average molecular weight is 367 g/mol. The number of nitrogens with zero attached hydrogens (tertiary/aromatic N) is 1. The summed E-state index contributed by atoms with van der Waals surface area (Å²) in [6, 6.07) is 11.6. The Kier molecular flexibility index (Phi) is 5.07. The molecule has 1 heterocycles. The summed E-state index contributed by atoms with van der Waals surface area (Å²) >= 11 is 6.05. The van der Waals surface area contributed by atoms with Crippen molar-refractivity contribution in [2.75, 3.05) is 5.32 Å². The zero-order valence-electron chi connectivity index (χ0n) is 14.7. The van der Waals surface area contributed by atoms with Crippen LogP contribution in [0.25, 0.3) is 0 Å². The molecule has 0 radical (unpaired) electrons. The van der Waals surface area contributed by atoms with E-state index in [9.17, 15) is 4.79 Å². The molecule has 3 nitrogen and oxygen atoms in total. The molecule has 2 aliphatic rings. The molecule has 0 spiro atoms. The summed E-state index contributed by atoms with van der Waals surface area (Å²) in [5.74, 6) is 1.82. The second-order valence-corrected chi connectivity index (χ2v) is 7.72. The van der Waals surface area contributed by atoms with Crippen LogP contribution in [0.1, 0.15) is 54.1 Å². The number of benzene rings is 1. The number of anilines is 1. The van der Waals surface area contributed by atoms with Crippen molar-refractivity contribution in [3.8, 4) is 0 Å². The lowest BCUT2D eigenvalue weighted by Crippen LogP contribution is -2.27. The van der Waals surface area contributed by atoms with Crippen molar-refractivity contribution >= 4 is 23.2 Å². The minimum atomic E-state index is -0.284. The molecule has 0 bridgehead atoms. The van der Waals surface area contributed by atoms with Crippen LogP contribution in [0.3, 0.4) is 0 Å². The summed E-state index contributed by atoms with van der Waals surface area (Å²) in [6.07, 6.45) is 13.0. The Labute approximate surface area is 159 Å². The van der Waals surface area contributed by atoms with E-state index in [0.717, 1.165) is 17.5 Å². The van der Waals surface area contributed by atoms with E-state index in [1.165, 1.54) is 37.7 Å². The highest BCUT2D eigenvalue weighted by atomic mass is 35.5. The molecular weight excluding hydrogens is 344 g/mol. The average Bonchev–Trinajstić information content (AvgIpc) is 2.68. The number of carbonyl (C=O) groups excluding carboxylic acids is 1. The highest BCUT2D eigenvalue weighted by Crippen LogP contribution is 2.45. The van der Waals surface area contributed by atoms with Crippen LogP contribution >= 0.6 is 11.6 Å². The fraction of sp³-hybridized carbons (Fsp3) is 0.364. The first kappa shape index (κ1) is 17.3. The Bertz CT molecular complexity index is 815. The van der Waals surface area contributed by atoms with E-state index in [1.807, 2.05) is 12.1 Å². The maximum Gasteiger partial charge on any atom is 0.275 e. The van der Waals surface area contributed by atoms with Crippen molar-refractivity contribution in [2.24, 2.45) is 11.8 Å². The fourth-order valence-electron chi connectivity index (χ4n) is 4.43. The number of pyridine rings is 1. The van der Waals surface area contributed by atoms with Gasteiger partial charge in [-0.2, -0.15) is 0 Å². The Morgan fingerprint density at radius 2 is 1.92 bits per heavy atom. The number of halogens is 1. The van der Waals surface area contributed by atoms with Gasteiger partial charge >= 0.3 is 0 Å². The van der Waals surface area contributed by atoms with Crippen LogP contribution in [-0.4, -0.2) is 10.9 Å². The number of allylic oxidation sites excluding steroid dienone is 2. The molecular formula is C22H23ClN2O. The summed E-state index contributed by atoms with van der Waals surface area (Å²) in [5.41, 5.74) is 2.35. The molecule has 1 N–H and O–H groups in total. The number of fused-ring (bicyclic) bond motifs is 1. The summed E-state index contributed by atoms with van der Waals surface area (Å²) in [7, 11) is 0. The van der Waals surface area contributed by atoms with E-state index in [0.29, 0.717) is 10.9 Å². The number of amides is 1. The number of carbonyl (C=O) groups is 1. The van der Waals surface area contributed by atoms with Gasteiger partial charge in [-0.3, -0.25) is 4.79 Å². The van der Waals surface area contributed by atoms with Crippen molar-refractivity contribution in [1.82, 2.24) is 4.98 Å². The molecule has 1 fully saturated rings. The minimum Gasteiger partial charge on any atom is -0.321 e. The molecule has 2 aromatic rings. The highest BCUT2D eigenvalue weighted by molar-refractivity contribution is 6.34. The summed E-state index contributed by atoms with van der Waals surface area (Å²) in [4.78, 5) is 16.4. The van der Waals surface area contributed by atoms with Gasteiger partial charge < -0.3 is 5.32 Å². The van der Waals surface area contributed by atoms with E-state index in [2.05, 4.69) is 34.6 Å². The summed E-state index contributed by atoms with van der Waals surface area (Å²) in [5, 5.41) is 3.24. The van der Waals surface area contributed by atoms with Gasteiger partial charge in [0.25, 0.3) is 5.91 Å². The van der Waals surface area contributed by atoms with Gasteiger partial charge in [-0.1, -0.05) is 48.7 Å². The number of hydrogen-bond acceptors (Lipinski definition) is 2. The number of nitrogens with one attached hydrogen (secondary N) is 1. The molecule has 1 aromatic carbocycles. The Morgan fingerprint density at radius 3 is 2.73 bits per heavy atom. The molecule has 4 rings (SSSR count). The van der Waals surface area contributed by atoms with Gasteiger partial charge in [0.15, 0.2) is 0 Å². The van der Waals surface area contributed by atoms with Crippen LogP contribution < -0.4 is 5.32 Å². The van der Waals surface area contributed by atoms with Crippen molar-refractivity contribution in [2.45, 2.75) is 38.0 Å². The molecule has 2 aliphatic carbocycles. The molecule has 1 amide bonds. The lowest BCUT2D eigenvalue weighted by molar-refractivity contribution is 0.102. The van der Waals surface area contributed by atoms with Gasteiger partial charge in [-0.15, -0.1) is 0 Å². The first-order valence-corrected chi connectivity index (χ1v) is 9.78. The maximum absolute atomic E-state index is 12.3. The first-order chi connectivity index (χ1) is 12.7. The monoisotopic (exact) mass is 366 g/mol. The zero-order valence-corrected chi connectivity index (χ0v) is 15.5. The molecule has 1 aromatic heterocycles. The predicted octanol–water partition coefficient (Wildman–Crippen LogP) is 5.84. The Morgan fingerprint density at radius 1 is 1.12 bits per heavy atom. The Balaban J connectivity index is 1.48. The van der Waals surface area contributed by atoms with Gasteiger partial charge in [0.2, 0.25) is 0 Å². The van der Waals surface area contributed by atoms with E-state index in [4.69, 9.17) is 11.6 Å². The Hall–Kier alpha value is -2.13. The number of aromatic nitrogens is 1. The summed E-state index contributed by atoms with van der Waals surface area (Å²) in [6.45, 7) is 0. The molecule has 3 atom stereocenters. The molecule has 3 unspecified atom stereocenters. The van der Waals surface area contributed by atoms with Crippen molar-refractivity contribution in [1.29, 1.82) is 0 Å². The van der Waals surface area contributed by atoms with Crippen LogP contribution in [0, 0.1) is 11.8 Å². The van der Waals surface area contributed by atoms with Crippen molar-refractivity contribution in [3.05, 3.63) is 71.0 Å². The second kappa shape index (κ2) is 7.63. The molecule has 4 heteroatoms. The smallest absolute Gasteiger partial charge is 0.275 e. The third-order valence-electron chi connectivity index (χ3n) is 5.74. The standard InChI is InChI=1S/C22H23ClN2O/c23-20-9-4-14-24-21(20)22(26)25-17-12-10-16(11-13-17)19-8-3-6-15-5-1-2-7-18(15)19/h3-4,8-15,18-19H,1-2,5-7H2,(H,25,26). The predicted molar refractivity (Wildman–Crippen MR) is 106 cm³/mol. The van der Waals surface area contributed by atoms with E-state index in [-0.39, 0.29) is 11.6 Å². The van der Waals surface area contributed by atoms with Crippen molar-refractivity contribution < 1.29 is 4.79 Å². The largest absolute Gasteiger partial charge is 0.321 e. The minimum absolute atomic E-state index is 0.249. The van der Waals surface area contributed by atoms with Gasteiger partial charge in [0.05, 0.1) is 5.02 Å². The van der Waals surface area contributed by atoms with Crippen LogP contribution in [-0.2, 0) is 0 Å². The first-order valence-electron chi connectivity index (χ1n) is 9.41. The van der Waals surface area contributed by atoms with Gasteiger partial charge in [-0.25, -0.2) is 4.98 Å². The second-order valence-electron chi connectivity index (χ2n) is 7.31. The SMILES string of the molecule is O=C(Nc1ccc(C2C=CCC3CCCCC32)cc1)c1ncccc1Cl. The molecule has 134 valence electrons. The summed E-state index contributed by atoms with van der Waals surface area (Å²) < 4.78 is 0. The number of rotatable bonds is 3. The molecule has 26 heavy (non-hydrogen) atoms. The quantitative estimate of drug-likeness (QED) is 0.693. The zero-order chi connectivity index (χ0) is 17.9. The van der Waals surface area contributed by atoms with E-state index >= 15 is 0 Å². The molecule has 0 aliphatic heterocycles. The number of hydrogen-bond donors (Lipinski definition) is 1. The van der Waals surface area contributed by atoms with E-state index in [1.54, 1.807) is 18.3 Å².